The lowest BCUT2D eigenvalue weighted by Gasteiger charge is -2.38. The fourth-order valence-corrected chi connectivity index (χ4v) is 4.13. The Kier molecular flexibility index (Phi) is 3.58. The van der Waals surface area contributed by atoms with E-state index in [0.29, 0.717) is 12.1 Å². The van der Waals surface area contributed by atoms with Crippen LogP contribution in [0, 0.1) is 6.92 Å². The third-order valence-electron chi connectivity index (χ3n) is 4.27. The van der Waals surface area contributed by atoms with Crippen molar-refractivity contribution in [1.82, 2.24) is 14.6 Å². The minimum absolute atomic E-state index is 0.339. The average Bonchev–Trinajstić information content (AvgIpc) is 3.06. The molecule has 5 nitrogen and oxygen atoms in total. The molecule has 0 bridgehead atoms. The van der Waals surface area contributed by atoms with Crippen LogP contribution < -0.4 is 4.90 Å². The van der Waals surface area contributed by atoms with E-state index in [9.17, 15) is 0 Å². The maximum Gasteiger partial charge on any atom is 0.214 e. The number of aryl methyl sites for hydroxylation is 1. The van der Waals surface area contributed by atoms with Crippen molar-refractivity contribution in [3.05, 3.63) is 36.0 Å². The topological polar surface area (TPSA) is 42.7 Å². The van der Waals surface area contributed by atoms with Crippen LogP contribution in [-0.2, 0) is 4.74 Å². The Morgan fingerprint density at radius 3 is 2.48 bits per heavy atom. The zero-order valence-electron chi connectivity index (χ0n) is 13.6. The van der Waals surface area contributed by atoms with Crippen LogP contribution in [0.25, 0.3) is 16.2 Å². The van der Waals surface area contributed by atoms with Crippen molar-refractivity contribution in [3.63, 3.8) is 0 Å². The lowest BCUT2D eigenvalue weighted by molar-refractivity contribution is 0.0755. The van der Waals surface area contributed by atoms with Crippen molar-refractivity contribution in [1.29, 1.82) is 0 Å². The van der Waals surface area contributed by atoms with Crippen LogP contribution in [0.4, 0.5) is 5.13 Å². The summed E-state index contributed by atoms with van der Waals surface area (Å²) in [5, 5.41) is 5.76. The summed E-state index contributed by atoms with van der Waals surface area (Å²) in [4.78, 5) is 8.01. The van der Waals surface area contributed by atoms with E-state index in [1.165, 1.54) is 5.56 Å². The summed E-state index contributed by atoms with van der Waals surface area (Å²) in [7, 11) is 0. The first-order chi connectivity index (χ1) is 11.1. The zero-order chi connectivity index (χ0) is 16.0. The molecule has 0 radical (unpaired) electrons. The van der Waals surface area contributed by atoms with E-state index in [0.717, 1.165) is 34.6 Å². The van der Waals surface area contributed by atoms with Crippen LogP contribution in [0.15, 0.2) is 30.5 Å². The Hall–Kier alpha value is -1.92. The molecule has 4 rings (SSSR count). The quantitative estimate of drug-likeness (QED) is 0.723. The third kappa shape index (κ3) is 2.62. The third-order valence-corrected chi connectivity index (χ3v) is 5.20. The summed E-state index contributed by atoms with van der Waals surface area (Å²) < 4.78 is 7.49. The van der Waals surface area contributed by atoms with Gasteiger partial charge in [-0.25, -0.2) is 9.50 Å². The fourth-order valence-electron chi connectivity index (χ4n) is 3.04. The highest BCUT2D eigenvalue weighted by molar-refractivity contribution is 7.20. The first-order valence-electron chi connectivity index (χ1n) is 7.91. The number of benzene rings is 1. The predicted molar refractivity (Wildman–Crippen MR) is 93.3 cm³/mol. The van der Waals surface area contributed by atoms with E-state index in [1.807, 2.05) is 10.7 Å². The number of rotatable bonds is 2. The minimum Gasteiger partial charge on any atom is -0.377 e. The number of hydrogen-bond acceptors (Lipinski definition) is 5. The van der Waals surface area contributed by atoms with Gasteiger partial charge in [-0.3, -0.25) is 0 Å². The van der Waals surface area contributed by atoms with Crippen LogP contribution in [-0.4, -0.2) is 39.9 Å². The first kappa shape index (κ1) is 14.7. The second-order valence-corrected chi connectivity index (χ2v) is 7.18. The molecular formula is C17H20N4OS. The minimum atomic E-state index is 0.339. The van der Waals surface area contributed by atoms with Gasteiger partial charge in [0.1, 0.15) is 0 Å². The number of imidazole rings is 1. The van der Waals surface area contributed by atoms with Gasteiger partial charge < -0.3 is 9.64 Å². The van der Waals surface area contributed by atoms with Crippen molar-refractivity contribution >= 4 is 21.4 Å². The lowest BCUT2D eigenvalue weighted by atomic mass is 10.1. The molecule has 3 aromatic rings. The number of anilines is 1. The Morgan fingerprint density at radius 2 is 1.83 bits per heavy atom. The zero-order valence-corrected chi connectivity index (χ0v) is 14.4. The van der Waals surface area contributed by atoms with E-state index in [4.69, 9.17) is 14.8 Å². The standard InChI is InChI=1S/C17H20N4OS/c1-11-4-6-14(7-5-11)15-8-20-16(18-15)23-17(19-20)21-12(2)9-22-10-13(21)3/h4-8,12-13H,9-10H2,1-3H3/t12-,13-/m1/s1. The molecule has 1 aliphatic heterocycles. The van der Waals surface area contributed by atoms with Crippen molar-refractivity contribution in [3.8, 4) is 11.3 Å². The fraction of sp³-hybridized carbons (Fsp3) is 0.412. The second kappa shape index (κ2) is 5.62. The van der Waals surface area contributed by atoms with Crippen molar-refractivity contribution in [2.24, 2.45) is 0 Å². The number of ether oxygens (including phenoxy) is 1. The average molecular weight is 328 g/mol. The molecule has 120 valence electrons. The van der Waals surface area contributed by atoms with E-state index in [-0.39, 0.29) is 0 Å². The van der Waals surface area contributed by atoms with Gasteiger partial charge in [0.15, 0.2) is 0 Å². The van der Waals surface area contributed by atoms with Gasteiger partial charge in [-0.2, -0.15) is 0 Å². The number of hydrogen-bond donors (Lipinski definition) is 0. The molecule has 0 saturated carbocycles. The molecule has 0 spiro atoms. The Bertz CT molecular complexity index is 781. The van der Waals surface area contributed by atoms with E-state index in [1.54, 1.807) is 11.3 Å². The largest absolute Gasteiger partial charge is 0.377 e. The molecule has 2 aromatic heterocycles. The van der Waals surface area contributed by atoms with Gasteiger partial charge in [-0.1, -0.05) is 41.2 Å². The van der Waals surface area contributed by atoms with E-state index < -0.39 is 0 Å². The van der Waals surface area contributed by atoms with Gasteiger partial charge in [0, 0.05) is 5.56 Å². The molecular weight excluding hydrogens is 308 g/mol. The molecule has 0 N–H and O–H groups in total. The summed E-state index contributed by atoms with van der Waals surface area (Å²) in [5.41, 5.74) is 3.35. The number of nitrogens with zero attached hydrogens (tertiary/aromatic N) is 4. The van der Waals surface area contributed by atoms with E-state index >= 15 is 0 Å². The molecule has 2 atom stereocenters. The maximum atomic E-state index is 5.60. The highest BCUT2D eigenvalue weighted by atomic mass is 32.1. The van der Waals surface area contributed by atoms with Crippen LogP contribution in [0.2, 0.25) is 0 Å². The summed E-state index contributed by atoms with van der Waals surface area (Å²) in [6, 6.07) is 9.11. The second-order valence-electron chi connectivity index (χ2n) is 6.25. The number of fused-ring (bicyclic) bond motifs is 1. The van der Waals surface area contributed by atoms with Gasteiger partial charge >= 0.3 is 0 Å². The predicted octanol–water partition coefficient (Wildman–Crippen LogP) is 3.38. The highest BCUT2D eigenvalue weighted by Crippen LogP contribution is 2.30. The SMILES string of the molecule is Cc1ccc(-c2cn3nc(N4[C@H](C)COC[C@H]4C)sc3n2)cc1. The van der Waals surface area contributed by atoms with Crippen LogP contribution in [0.5, 0.6) is 0 Å². The summed E-state index contributed by atoms with van der Waals surface area (Å²) >= 11 is 1.64. The molecule has 1 saturated heterocycles. The van der Waals surface area contributed by atoms with Gasteiger partial charge in [0.2, 0.25) is 10.1 Å². The molecule has 0 unspecified atom stereocenters. The molecule has 6 heteroatoms. The first-order valence-corrected chi connectivity index (χ1v) is 8.73. The Morgan fingerprint density at radius 1 is 1.13 bits per heavy atom. The molecule has 1 aliphatic rings. The normalized spacial score (nSPS) is 22.0. The van der Waals surface area contributed by atoms with Gasteiger partial charge in [0.05, 0.1) is 37.2 Å². The van der Waals surface area contributed by atoms with Gasteiger partial charge in [-0.15, -0.1) is 5.10 Å². The maximum absolute atomic E-state index is 5.60. The van der Waals surface area contributed by atoms with E-state index in [2.05, 4.69) is 49.9 Å². The molecule has 0 aliphatic carbocycles. The van der Waals surface area contributed by atoms with Crippen molar-refractivity contribution in [2.45, 2.75) is 32.9 Å². The smallest absolute Gasteiger partial charge is 0.214 e. The number of aromatic nitrogens is 3. The number of morpholine rings is 1. The molecule has 1 fully saturated rings. The Labute approximate surface area is 139 Å². The van der Waals surface area contributed by atoms with Crippen molar-refractivity contribution in [2.75, 3.05) is 18.1 Å². The van der Waals surface area contributed by atoms with Gasteiger partial charge in [-0.05, 0) is 20.8 Å². The summed E-state index contributed by atoms with van der Waals surface area (Å²) in [6.07, 6.45) is 2.01. The highest BCUT2D eigenvalue weighted by Gasteiger charge is 2.28. The molecule has 1 aromatic carbocycles. The van der Waals surface area contributed by atoms with Crippen LogP contribution in [0.3, 0.4) is 0 Å². The van der Waals surface area contributed by atoms with Crippen LogP contribution >= 0.6 is 11.3 Å². The summed E-state index contributed by atoms with van der Waals surface area (Å²) in [6.45, 7) is 7.95. The van der Waals surface area contributed by atoms with Crippen molar-refractivity contribution < 1.29 is 4.74 Å². The molecule has 23 heavy (non-hydrogen) atoms. The monoisotopic (exact) mass is 328 g/mol. The summed E-state index contributed by atoms with van der Waals surface area (Å²) in [5.74, 6) is 0. The Balaban J connectivity index is 1.67. The lowest BCUT2D eigenvalue weighted by Crippen LogP contribution is -2.49. The van der Waals surface area contributed by atoms with Gasteiger partial charge in [0.25, 0.3) is 0 Å². The molecule has 3 heterocycles. The molecule has 0 amide bonds. The van der Waals surface area contributed by atoms with Crippen LogP contribution in [0.1, 0.15) is 19.4 Å².